The van der Waals surface area contributed by atoms with Gasteiger partial charge in [-0.2, -0.15) is 0 Å². The summed E-state index contributed by atoms with van der Waals surface area (Å²) in [5.74, 6) is -1.62. The Balaban J connectivity index is 3.29. The zero-order valence-electron chi connectivity index (χ0n) is 14.9. The van der Waals surface area contributed by atoms with Gasteiger partial charge in [0.15, 0.2) is 0 Å². The predicted molar refractivity (Wildman–Crippen MR) is 130 cm³/mol. The van der Waals surface area contributed by atoms with Gasteiger partial charge in [-0.1, -0.05) is 0 Å². The number of halogens is 4. The zero-order valence-corrected chi connectivity index (χ0v) is 22.1. The van der Waals surface area contributed by atoms with Crippen LogP contribution in [-0.2, 0) is 14.3 Å². The molecule has 0 aromatic heterocycles. The second-order valence-corrected chi connectivity index (χ2v) is 9.10. The van der Waals surface area contributed by atoms with E-state index >= 15 is 0 Å². The number of aliphatic hydroxyl groups is 2. The Hall–Kier alpha value is -0.300. The Bertz CT molecular complexity index is 835. The van der Waals surface area contributed by atoms with Crippen molar-refractivity contribution in [2.24, 2.45) is 0 Å². The number of aliphatic hydroxyl groups excluding tert-OH is 2. The van der Waals surface area contributed by atoms with Crippen molar-refractivity contribution in [3.05, 3.63) is 21.8 Å². The third-order valence-corrected chi connectivity index (χ3v) is 6.77. The lowest BCUT2D eigenvalue weighted by molar-refractivity contribution is -0.141. The highest BCUT2D eigenvalue weighted by molar-refractivity contribution is 14.1. The lowest BCUT2D eigenvalue weighted by atomic mass is 10.1. The third kappa shape index (κ3) is 7.71. The molecule has 0 saturated heterocycles. The van der Waals surface area contributed by atoms with Gasteiger partial charge in [0, 0.05) is 17.0 Å². The monoisotopic (exact) mass is 764 g/mol. The van der Waals surface area contributed by atoms with E-state index in [2.05, 4.69) is 10.6 Å². The summed E-state index contributed by atoms with van der Waals surface area (Å²) in [5.41, 5.74) is 0.365. The van der Waals surface area contributed by atoms with E-state index in [0.29, 0.717) is 7.14 Å². The van der Waals surface area contributed by atoms with E-state index < -0.39 is 35.7 Å². The van der Waals surface area contributed by atoms with E-state index in [-0.39, 0.29) is 40.0 Å². The summed E-state index contributed by atoms with van der Waals surface area (Å²) in [6.45, 7) is 0.365. The molecule has 160 valence electrons. The van der Waals surface area contributed by atoms with Gasteiger partial charge in [-0.05, 0) is 79.4 Å². The van der Waals surface area contributed by atoms with Crippen LogP contribution in [0.1, 0.15) is 34.1 Å². The summed E-state index contributed by atoms with van der Waals surface area (Å²) in [5, 5.41) is 22.6. The molecule has 1 atom stereocenters. The van der Waals surface area contributed by atoms with Crippen LogP contribution in [0.25, 0.3) is 0 Å². The molecule has 0 fully saturated rings. The Morgan fingerprint density at radius 3 is 2.21 bits per heavy atom. The molecule has 0 aliphatic heterocycles. The Labute approximate surface area is 212 Å². The average molecular weight is 764 g/mol. The first-order chi connectivity index (χ1) is 13.5. The van der Waals surface area contributed by atoms with E-state index in [1.165, 1.54) is 6.92 Å². The molecule has 1 aromatic rings. The van der Waals surface area contributed by atoms with Gasteiger partial charge >= 0.3 is 5.97 Å². The molecule has 0 spiro atoms. The highest BCUT2D eigenvalue weighted by Crippen LogP contribution is 2.36. The number of amides is 2. The second-order valence-electron chi connectivity index (χ2n) is 5.53. The quantitative estimate of drug-likeness (QED) is 0.171. The van der Waals surface area contributed by atoms with Crippen LogP contribution in [0.2, 0.25) is 0 Å². The first kappa shape index (κ1) is 26.7. The number of benzene rings is 1. The maximum Gasteiger partial charge on any atom is 0.302 e. The predicted octanol–water partition coefficient (Wildman–Crippen LogP) is 1.85. The van der Waals surface area contributed by atoms with E-state index in [0.717, 1.165) is 0 Å². The van der Waals surface area contributed by atoms with Crippen molar-refractivity contribution in [2.75, 3.05) is 25.1 Å². The van der Waals surface area contributed by atoms with Crippen LogP contribution in [0.5, 0.6) is 0 Å². The molecule has 13 heteroatoms. The average Bonchev–Trinajstić information content (AvgIpc) is 2.62. The molecule has 1 aromatic carbocycles. The second kappa shape index (κ2) is 12.5. The van der Waals surface area contributed by atoms with Gasteiger partial charge in [0.05, 0.1) is 43.1 Å². The van der Waals surface area contributed by atoms with Gasteiger partial charge in [0.2, 0.25) is 5.91 Å². The number of rotatable bonds is 9. The SMILES string of the molecule is CC(=O)OCCC(=O)Nc1c(I)c(C(=O)Cl)c(I)c(C(=O)NCC(O)CO)c1I. The summed E-state index contributed by atoms with van der Waals surface area (Å²) < 4.78 is 5.72. The van der Waals surface area contributed by atoms with Gasteiger partial charge in [-0.25, -0.2) is 0 Å². The fourth-order valence-electron chi connectivity index (χ4n) is 2.00. The minimum Gasteiger partial charge on any atom is -0.465 e. The highest BCUT2D eigenvalue weighted by Gasteiger charge is 2.28. The normalized spacial score (nSPS) is 11.6. The van der Waals surface area contributed by atoms with Gasteiger partial charge in [-0.3, -0.25) is 19.2 Å². The maximum atomic E-state index is 12.6. The Kier molecular flexibility index (Phi) is 11.6. The largest absolute Gasteiger partial charge is 0.465 e. The molecule has 4 N–H and O–H groups in total. The summed E-state index contributed by atoms with van der Waals surface area (Å²) >= 11 is 11.2. The van der Waals surface area contributed by atoms with Crippen molar-refractivity contribution in [1.29, 1.82) is 0 Å². The lowest BCUT2D eigenvalue weighted by Gasteiger charge is -2.18. The maximum absolute atomic E-state index is 12.6. The van der Waals surface area contributed by atoms with Crippen molar-refractivity contribution < 1.29 is 34.1 Å². The third-order valence-electron chi connectivity index (χ3n) is 3.35. The molecule has 0 bridgehead atoms. The molecule has 1 unspecified atom stereocenters. The number of ether oxygens (including phenoxy) is 1. The smallest absolute Gasteiger partial charge is 0.302 e. The van der Waals surface area contributed by atoms with Crippen molar-refractivity contribution >= 4 is 108 Å². The Morgan fingerprint density at radius 1 is 1.10 bits per heavy atom. The molecule has 0 heterocycles. The van der Waals surface area contributed by atoms with Crippen molar-refractivity contribution in [3.63, 3.8) is 0 Å². The van der Waals surface area contributed by atoms with Crippen LogP contribution >= 0.6 is 79.4 Å². The van der Waals surface area contributed by atoms with E-state index in [1.54, 1.807) is 0 Å². The molecular formula is C16H16ClI3N2O7. The number of carbonyl (C=O) groups is 4. The van der Waals surface area contributed by atoms with E-state index in [1.807, 2.05) is 67.8 Å². The van der Waals surface area contributed by atoms with Crippen LogP contribution in [-0.4, -0.2) is 59.1 Å². The van der Waals surface area contributed by atoms with Crippen LogP contribution in [0, 0.1) is 10.7 Å². The van der Waals surface area contributed by atoms with E-state index in [4.69, 9.17) is 21.4 Å². The van der Waals surface area contributed by atoms with Gasteiger partial charge in [0.25, 0.3) is 11.1 Å². The number of anilines is 1. The number of carbonyl (C=O) groups excluding carboxylic acids is 4. The first-order valence-corrected chi connectivity index (χ1v) is 11.5. The summed E-state index contributed by atoms with van der Waals surface area (Å²) in [6.07, 6.45) is -1.26. The zero-order chi connectivity index (χ0) is 22.3. The number of hydrogen-bond acceptors (Lipinski definition) is 7. The van der Waals surface area contributed by atoms with Gasteiger partial charge in [0.1, 0.15) is 6.61 Å². The molecule has 0 aliphatic rings. The summed E-state index contributed by atoms with van der Waals surface area (Å²) in [7, 11) is 0. The molecule has 0 aliphatic carbocycles. The van der Waals surface area contributed by atoms with Crippen LogP contribution in [0.4, 0.5) is 5.69 Å². The molecule has 9 nitrogen and oxygen atoms in total. The molecule has 2 amide bonds. The number of esters is 1. The first-order valence-electron chi connectivity index (χ1n) is 7.91. The van der Waals surface area contributed by atoms with Crippen molar-refractivity contribution in [2.45, 2.75) is 19.4 Å². The van der Waals surface area contributed by atoms with Crippen LogP contribution in [0.15, 0.2) is 0 Å². The van der Waals surface area contributed by atoms with Gasteiger partial charge in [-0.15, -0.1) is 0 Å². The topological polar surface area (TPSA) is 142 Å². The number of nitrogens with one attached hydrogen (secondary N) is 2. The fourth-order valence-corrected chi connectivity index (χ4v) is 6.92. The van der Waals surface area contributed by atoms with E-state index in [9.17, 15) is 24.3 Å². The Morgan fingerprint density at radius 2 is 1.69 bits per heavy atom. The fraction of sp³-hybridized carbons (Fsp3) is 0.375. The minimum atomic E-state index is -1.15. The summed E-state index contributed by atoms with van der Waals surface area (Å²) in [6, 6.07) is 0. The molecule has 29 heavy (non-hydrogen) atoms. The minimum absolute atomic E-state index is 0.0522. The van der Waals surface area contributed by atoms with Crippen LogP contribution < -0.4 is 10.6 Å². The molecule has 0 saturated carbocycles. The number of hydrogen-bond donors (Lipinski definition) is 4. The molecular weight excluding hydrogens is 748 g/mol. The highest BCUT2D eigenvalue weighted by atomic mass is 127. The van der Waals surface area contributed by atoms with Crippen molar-refractivity contribution in [3.8, 4) is 0 Å². The van der Waals surface area contributed by atoms with Crippen LogP contribution in [0.3, 0.4) is 0 Å². The molecule has 1 rings (SSSR count). The standard InChI is InChI=1S/C16H16ClI3N2O7/c1-6(24)29-3-2-8(26)22-14-12(19)9(15(17)27)11(18)10(13(14)20)16(28)21-4-7(25)5-23/h7,23,25H,2-5H2,1H3,(H,21,28)(H,22,26). The lowest BCUT2D eigenvalue weighted by Crippen LogP contribution is -2.35. The molecule has 0 radical (unpaired) electrons. The van der Waals surface area contributed by atoms with Crippen molar-refractivity contribution in [1.82, 2.24) is 5.32 Å². The summed E-state index contributed by atoms with van der Waals surface area (Å²) in [4.78, 5) is 47.6. The van der Waals surface area contributed by atoms with Gasteiger partial charge < -0.3 is 25.6 Å².